The summed E-state index contributed by atoms with van der Waals surface area (Å²) in [5.41, 5.74) is 4.58. The van der Waals surface area contributed by atoms with Crippen LogP contribution in [0.4, 0.5) is 0 Å². The van der Waals surface area contributed by atoms with Gasteiger partial charge in [0.1, 0.15) is 0 Å². The molecule has 2 aliphatic rings. The number of nitrogens with two attached hydrogens (primary N) is 1. The molecule has 0 atom stereocenters. The van der Waals surface area contributed by atoms with Crippen LogP contribution in [0.2, 0.25) is 0 Å². The van der Waals surface area contributed by atoms with Gasteiger partial charge in [0.15, 0.2) is 0 Å². The Morgan fingerprint density at radius 3 is 1.95 bits per heavy atom. The van der Waals surface area contributed by atoms with Crippen molar-refractivity contribution in [3.63, 3.8) is 0 Å². The Labute approximate surface area is 120 Å². The maximum Gasteiger partial charge on any atom is 0.311 e. The van der Waals surface area contributed by atoms with Crippen molar-refractivity contribution in [2.45, 2.75) is 57.8 Å². The number of hydrogen-bond donors (Lipinski definition) is 3. The summed E-state index contributed by atoms with van der Waals surface area (Å²) in [6.45, 7) is 0.613. The van der Waals surface area contributed by atoms with Crippen LogP contribution in [0.3, 0.4) is 0 Å². The molecule has 0 aromatic heterocycles. The third kappa shape index (κ3) is 2.82. The topological polar surface area (TPSA) is 92.4 Å². The Bertz CT molecular complexity index is 369. The highest BCUT2D eigenvalue weighted by molar-refractivity contribution is 5.84. The number of carbonyl (C=O) groups is 2. The quantitative estimate of drug-likeness (QED) is 0.715. The first-order valence-electron chi connectivity index (χ1n) is 7.76. The number of hydrogen-bond acceptors (Lipinski definition) is 3. The van der Waals surface area contributed by atoms with Gasteiger partial charge in [-0.05, 0) is 25.7 Å². The lowest BCUT2D eigenvalue weighted by Crippen LogP contribution is -2.50. The minimum Gasteiger partial charge on any atom is -0.481 e. The maximum absolute atomic E-state index is 12.4. The predicted molar refractivity (Wildman–Crippen MR) is 76.1 cm³/mol. The molecule has 0 spiro atoms. The van der Waals surface area contributed by atoms with Crippen LogP contribution in [-0.2, 0) is 9.59 Å². The Kier molecular flexibility index (Phi) is 4.68. The van der Waals surface area contributed by atoms with Crippen LogP contribution in [0.15, 0.2) is 0 Å². The molecule has 5 nitrogen and oxygen atoms in total. The lowest BCUT2D eigenvalue weighted by atomic mass is 9.73. The van der Waals surface area contributed by atoms with Crippen LogP contribution in [0, 0.1) is 10.8 Å². The average Bonchev–Trinajstić information content (AvgIpc) is 2.95. The number of nitrogens with one attached hydrogen (secondary N) is 1. The van der Waals surface area contributed by atoms with E-state index in [9.17, 15) is 14.7 Å². The maximum atomic E-state index is 12.4. The van der Waals surface area contributed by atoms with Gasteiger partial charge in [0, 0.05) is 13.1 Å². The van der Waals surface area contributed by atoms with E-state index in [1.807, 2.05) is 0 Å². The molecule has 0 unspecified atom stereocenters. The highest BCUT2D eigenvalue weighted by atomic mass is 16.4. The van der Waals surface area contributed by atoms with Gasteiger partial charge in [-0.15, -0.1) is 0 Å². The second-order valence-electron chi connectivity index (χ2n) is 6.52. The molecule has 0 aromatic rings. The molecule has 2 aliphatic carbocycles. The number of amides is 1. The fourth-order valence-corrected chi connectivity index (χ4v) is 3.71. The van der Waals surface area contributed by atoms with Crippen molar-refractivity contribution in [1.82, 2.24) is 5.32 Å². The highest BCUT2D eigenvalue weighted by Crippen LogP contribution is 2.39. The van der Waals surface area contributed by atoms with Gasteiger partial charge >= 0.3 is 5.97 Å². The van der Waals surface area contributed by atoms with Gasteiger partial charge in [-0.2, -0.15) is 0 Å². The second-order valence-corrected chi connectivity index (χ2v) is 6.52. The largest absolute Gasteiger partial charge is 0.481 e. The third-order valence-electron chi connectivity index (χ3n) is 5.28. The van der Waals surface area contributed by atoms with Crippen LogP contribution in [0.1, 0.15) is 57.8 Å². The Morgan fingerprint density at radius 2 is 1.45 bits per heavy atom. The lowest BCUT2D eigenvalue weighted by Gasteiger charge is -2.35. The number of aliphatic carboxylic acids is 1. The van der Waals surface area contributed by atoms with Crippen LogP contribution < -0.4 is 11.1 Å². The van der Waals surface area contributed by atoms with Crippen molar-refractivity contribution in [2.24, 2.45) is 16.6 Å². The summed E-state index contributed by atoms with van der Waals surface area (Å²) >= 11 is 0. The van der Waals surface area contributed by atoms with E-state index in [2.05, 4.69) is 5.32 Å². The zero-order chi connectivity index (χ0) is 14.6. The standard InChI is InChI=1S/C15H26N2O3/c16-10-14(6-4-5-7-14)12(18)17-11-15(13(19)20)8-2-1-3-9-15/h1-11,16H2,(H,17,18)(H,19,20). The van der Waals surface area contributed by atoms with Crippen molar-refractivity contribution < 1.29 is 14.7 Å². The first-order chi connectivity index (χ1) is 9.55. The molecular weight excluding hydrogens is 256 g/mol. The van der Waals surface area contributed by atoms with Gasteiger partial charge in [-0.25, -0.2) is 0 Å². The first kappa shape index (κ1) is 15.3. The molecule has 20 heavy (non-hydrogen) atoms. The van der Waals surface area contributed by atoms with Crippen molar-refractivity contribution in [1.29, 1.82) is 0 Å². The van der Waals surface area contributed by atoms with Gasteiger partial charge in [0.2, 0.25) is 5.91 Å². The third-order valence-corrected chi connectivity index (χ3v) is 5.28. The van der Waals surface area contributed by atoms with Gasteiger partial charge in [-0.1, -0.05) is 32.1 Å². The predicted octanol–water partition coefficient (Wildman–Crippen LogP) is 1.66. The first-order valence-corrected chi connectivity index (χ1v) is 7.76. The summed E-state index contributed by atoms with van der Waals surface area (Å²) < 4.78 is 0. The highest BCUT2D eigenvalue weighted by Gasteiger charge is 2.43. The molecular formula is C15H26N2O3. The summed E-state index contributed by atoms with van der Waals surface area (Å²) in [6, 6.07) is 0. The Morgan fingerprint density at radius 1 is 0.950 bits per heavy atom. The molecule has 1 amide bonds. The van der Waals surface area contributed by atoms with E-state index in [1.54, 1.807) is 0 Å². The van der Waals surface area contributed by atoms with Crippen LogP contribution in [0.5, 0.6) is 0 Å². The molecule has 0 saturated heterocycles. The summed E-state index contributed by atoms with van der Waals surface area (Å²) in [5.74, 6) is -0.811. The summed E-state index contributed by atoms with van der Waals surface area (Å²) in [6.07, 6.45) is 8.02. The Hall–Kier alpha value is -1.10. The number of carbonyl (C=O) groups excluding carboxylic acids is 1. The van der Waals surface area contributed by atoms with Crippen molar-refractivity contribution >= 4 is 11.9 Å². The lowest BCUT2D eigenvalue weighted by molar-refractivity contribution is -0.151. The second kappa shape index (κ2) is 6.12. The van der Waals surface area contributed by atoms with Gasteiger partial charge in [0.05, 0.1) is 10.8 Å². The van der Waals surface area contributed by atoms with Crippen molar-refractivity contribution in [3.8, 4) is 0 Å². The number of rotatable bonds is 5. The van der Waals surface area contributed by atoms with Crippen LogP contribution >= 0.6 is 0 Å². The van der Waals surface area contributed by atoms with Gasteiger partial charge < -0.3 is 16.2 Å². The smallest absolute Gasteiger partial charge is 0.311 e. The minimum absolute atomic E-state index is 0.0382. The van der Waals surface area contributed by atoms with E-state index in [-0.39, 0.29) is 12.5 Å². The van der Waals surface area contributed by atoms with Crippen molar-refractivity contribution in [2.75, 3.05) is 13.1 Å². The molecule has 2 fully saturated rings. The van der Waals surface area contributed by atoms with E-state index >= 15 is 0 Å². The Balaban J connectivity index is 1.98. The van der Waals surface area contributed by atoms with Crippen molar-refractivity contribution in [3.05, 3.63) is 0 Å². The molecule has 0 aliphatic heterocycles. The monoisotopic (exact) mass is 282 g/mol. The molecule has 0 heterocycles. The molecule has 0 bridgehead atoms. The fraction of sp³-hybridized carbons (Fsp3) is 0.867. The number of carboxylic acid groups (broad SMARTS) is 1. The molecule has 0 radical (unpaired) electrons. The van der Waals surface area contributed by atoms with Gasteiger partial charge in [0.25, 0.3) is 0 Å². The van der Waals surface area contributed by atoms with E-state index in [1.165, 1.54) is 0 Å². The minimum atomic E-state index is -0.772. The van der Waals surface area contributed by atoms with E-state index in [4.69, 9.17) is 5.73 Å². The summed E-state index contributed by atoms with van der Waals surface area (Å²) in [4.78, 5) is 24.0. The fourth-order valence-electron chi connectivity index (χ4n) is 3.71. The van der Waals surface area contributed by atoms with Gasteiger partial charge in [-0.3, -0.25) is 9.59 Å². The number of carboxylic acids is 1. The molecule has 5 heteroatoms. The van der Waals surface area contributed by atoms with Crippen LogP contribution in [-0.4, -0.2) is 30.1 Å². The van der Waals surface area contributed by atoms with E-state index in [0.29, 0.717) is 19.4 Å². The normalized spacial score (nSPS) is 24.2. The molecule has 0 aromatic carbocycles. The summed E-state index contributed by atoms with van der Waals surface area (Å²) in [7, 11) is 0. The van der Waals surface area contributed by atoms with E-state index < -0.39 is 16.8 Å². The molecule has 4 N–H and O–H groups in total. The molecule has 2 rings (SSSR count). The summed E-state index contributed by atoms with van der Waals surface area (Å²) in [5, 5.41) is 12.4. The zero-order valence-corrected chi connectivity index (χ0v) is 12.1. The average molecular weight is 282 g/mol. The van der Waals surface area contributed by atoms with Crippen LogP contribution in [0.25, 0.3) is 0 Å². The molecule has 114 valence electrons. The zero-order valence-electron chi connectivity index (χ0n) is 12.1. The molecule has 2 saturated carbocycles. The van der Waals surface area contributed by atoms with E-state index in [0.717, 1.165) is 44.9 Å². The SMILES string of the molecule is NCC1(C(=O)NCC2(C(=O)O)CCCCC2)CCCC1.